The SMILES string of the molecule is COc1cc(NS(=O)(=O)c2c[nH]ccc2=O)ccc1F. The lowest BCUT2D eigenvalue weighted by atomic mass is 10.3. The quantitative estimate of drug-likeness (QED) is 0.891. The molecule has 0 saturated carbocycles. The first-order valence-electron chi connectivity index (χ1n) is 5.47. The molecule has 2 rings (SSSR count). The Balaban J connectivity index is 2.39. The van der Waals surface area contributed by atoms with E-state index in [4.69, 9.17) is 4.74 Å². The number of rotatable bonds is 4. The van der Waals surface area contributed by atoms with Gasteiger partial charge in [-0.15, -0.1) is 0 Å². The van der Waals surface area contributed by atoms with Crippen LogP contribution < -0.4 is 14.9 Å². The molecule has 0 spiro atoms. The van der Waals surface area contributed by atoms with E-state index in [0.29, 0.717) is 0 Å². The van der Waals surface area contributed by atoms with E-state index in [9.17, 15) is 17.6 Å². The molecule has 0 atom stereocenters. The highest BCUT2D eigenvalue weighted by molar-refractivity contribution is 7.92. The zero-order valence-electron chi connectivity index (χ0n) is 10.4. The molecule has 0 amide bonds. The Hall–Kier alpha value is -2.35. The van der Waals surface area contributed by atoms with Crippen LogP contribution in [-0.2, 0) is 10.0 Å². The summed E-state index contributed by atoms with van der Waals surface area (Å²) in [6.45, 7) is 0. The van der Waals surface area contributed by atoms with E-state index >= 15 is 0 Å². The smallest absolute Gasteiger partial charge is 0.267 e. The van der Waals surface area contributed by atoms with Crippen molar-refractivity contribution < 1.29 is 17.5 Å². The number of pyridine rings is 1. The van der Waals surface area contributed by atoms with Crippen molar-refractivity contribution in [2.24, 2.45) is 0 Å². The zero-order chi connectivity index (χ0) is 14.8. The maximum atomic E-state index is 13.2. The number of ether oxygens (including phenoxy) is 1. The predicted octanol–water partition coefficient (Wildman–Crippen LogP) is 1.32. The Morgan fingerprint density at radius 2 is 2.05 bits per heavy atom. The molecule has 2 aromatic rings. The summed E-state index contributed by atoms with van der Waals surface area (Å²) in [4.78, 5) is 13.6. The maximum absolute atomic E-state index is 13.2. The first kappa shape index (κ1) is 14.1. The van der Waals surface area contributed by atoms with E-state index in [1.165, 1.54) is 25.4 Å². The van der Waals surface area contributed by atoms with Crippen LogP contribution in [-0.4, -0.2) is 20.5 Å². The van der Waals surface area contributed by atoms with Gasteiger partial charge in [0.25, 0.3) is 10.0 Å². The van der Waals surface area contributed by atoms with Gasteiger partial charge < -0.3 is 9.72 Å². The molecule has 0 unspecified atom stereocenters. The van der Waals surface area contributed by atoms with Gasteiger partial charge in [0.05, 0.1) is 12.8 Å². The Morgan fingerprint density at radius 1 is 1.30 bits per heavy atom. The van der Waals surface area contributed by atoms with Crippen LogP contribution in [0.25, 0.3) is 0 Å². The molecule has 2 N–H and O–H groups in total. The molecule has 1 aromatic carbocycles. The van der Waals surface area contributed by atoms with Crippen molar-refractivity contribution in [1.29, 1.82) is 0 Å². The third kappa shape index (κ3) is 2.80. The number of hydrogen-bond donors (Lipinski definition) is 2. The van der Waals surface area contributed by atoms with Gasteiger partial charge in [-0.05, 0) is 12.1 Å². The van der Waals surface area contributed by atoms with Crippen LogP contribution in [0.3, 0.4) is 0 Å². The average molecular weight is 298 g/mol. The number of sulfonamides is 1. The molecule has 6 nitrogen and oxygen atoms in total. The van der Waals surface area contributed by atoms with Gasteiger partial charge >= 0.3 is 0 Å². The molecular formula is C12H11FN2O4S. The Kier molecular flexibility index (Phi) is 3.75. The number of benzene rings is 1. The molecule has 20 heavy (non-hydrogen) atoms. The first-order chi connectivity index (χ1) is 9.44. The second-order valence-corrected chi connectivity index (χ2v) is 5.48. The number of methoxy groups -OCH3 is 1. The van der Waals surface area contributed by atoms with E-state index in [2.05, 4.69) is 9.71 Å². The van der Waals surface area contributed by atoms with Gasteiger partial charge in [-0.25, -0.2) is 12.8 Å². The molecule has 0 saturated heterocycles. The van der Waals surface area contributed by atoms with Crippen molar-refractivity contribution >= 4 is 15.7 Å². The monoisotopic (exact) mass is 298 g/mol. The lowest BCUT2D eigenvalue weighted by molar-refractivity contribution is 0.387. The van der Waals surface area contributed by atoms with Gasteiger partial charge in [0.1, 0.15) is 0 Å². The Morgan fingerprint density at radius 3 is 2.70 bits per heavy atom. The molecule has 0 radical (unpaired) electrons. The van der Waals surface area contributed by atoms with Crippen LogP contribution in [0.1, 0.15) is 0 Å². The number of hydrogen-bond acceptors (Lipinski definition) is 4. The third-order valence-corrected chi connectivity index (χ3v) is 3.88. The Labute approximate surface area is 114 Å². The molecule has 1 heterocycles. The number of aromatic amines is 1. The average Bonchev–Trinajstić information content (AvgIpc) is 2.41. The number of anilines is 1. The van der Waals surface area contributed by atoms with Crippen molar-refractivity contribution in [3.8, 4) is 5.75 Å². The van der Waals surface area contributed by atoms with Crippen molar-refractivity contribution in [3.63, 3.8) is 0 Å². The molecule has 8 heteroatoms. The molecule has 106 valence electrons. The van der Waals surface area contributed by atoms with Gasteiger partial charge in [-0.2, -0.15) is 0 Å². The highest BCUT2D eigenvalue weighted by Gasteiger charge is 2.18. The van der Waals surface area contributed by atoms with Crippen molar-refractivity contribution in [1.82, 2.24) is 4.98 Å². The first-order valence-corrected chi connectivity index (χ1v) is 6.96. The summed E-state index contributed by atoms with van der Waals surface area (Å²) in [6, 6.07) is 4.57. The fourth-order valence-corrected chi connectivity index (χ4v) is 2.65. The van der Waals surface area contributed by atoms with Crippen LogP contribution >= 0.6 is 0 Å². The van der Waals surface area contributed by atoms with Crippen LogP contribution in [0.4, 0.5) is 10.1 Å². The highest BCUT2D eigenvalue weighted by atomic mass is 32.2. The minimum Gasteiger partial charge on any atom is -0.494 e. The molecule has 0 aliphatic rings. The minimum absolute atomic E-state index is 0.0894. The normalized spacial score (nSPS) is 11.1. The summed E-state index contributed by atoms with van der Waals surface area (Å²) >= 11 is 0. The summed E-state index contributed by atoms with van der Waals surface area (Å²) < 4.78 is 44.2. The van der Waals surface area contributed by atoms with Crippen molar-refractivity contribution in [2.45, 2.75) is 4.90 Å². The standard InChI is InChI=1S/C12H11FN2O4S/c1-19-11-6-8(2-3-9(11)13)15-20(17,18)12-7-14-5-4-10(12)16/h2-7,15H,1H3,(H,14,16). The van der Waals surface area contributed by atoms with E-state index in [0.717, 1.165) is 18.3 Å². The summed E-state index contributed by atoms with van der Waals surface area (Å²) in [6.07, 6.45) is 2.40. The molecular weight excluding hydrogens is 287 g/mol. The molecule has 0 aliphatic carbocycles. The van der Waals surface area contributed by atoms with E-state index in [1.807, 2.05) is 0 Å². The van der Waals surface area contributed by atoms with Crippen LogP contribution in [0.5, 0.6) is 5.75 Å². The van der Waals surface area contributed by atoms with Gasteiger partial charge in [-0.3, -0.25) is 9.52 Å². The number of halogens is 1. The third-order valence-electron chi connectivity index (χ3n) is 2.48. The van der Waals surface area contributed by atoms with Gasteiger partial charge in [-0.1, -0.05) is 0 Å². The Bertz CT molecular complexity index is 786. The van der Waals surface area contributed by atoms with E-state index in [-0.39, 0.29) is 11.4 Å². The number of aromatic nitrogens is 1. The van der Waals surface area contributed by atoms with Gasteiger partial charge in [0.2, 0.25) is 5.43 Å². The minimum atomic E-state index is -4.05. The lowest BCUT2D eigenvalue weighted by Gasteiger charge is -2.09. The summed E-state index contributed by atoms with van der Waals surface area (Å²) in [7, 11) is -2.79. The lowest BCUT2D eigenvalue weighted by Crippen LogP contribution is -2.20. The highest BCUT2D eigenvalue weighted by Crippen LogP contribution is 2.23. The fraction of sp³-hybridized carbons (Fsp3) is 0.0833. The van der Waals surface area contributed by atoms with Crippen LogP contribution in [0.2, 0.25) is 0 Å². The molecule has 0 aliphatic heterocycles. The number of H-pyrrole nitrogens is 1. The van der Waals surface area contributed by atoms with Gasteiger partial charge in [0, 0.05) is 24.5 Å². The van der Waals surface area contributed by atoms with Crippen LogP contribution in [0, 0.1) is 5.82 Å². The van der Waals surface area contributed by atoms with Crippen molar-refractivity contribution in [2.75, 3.05) is 11.8 Å². The van der Waals surface area contributed by atoms with Gasteiger partial charge in [0.15, 0.2) is 16.5 Å². The largest absolute Gasteiger partial charge is 0.494 e. The fourth-order valence-electron chi connectivity index (χ4n) is 1.54. The van der Waals surface area contributed by atoms with E-state index < -0.39 is 26.2 Å². The van der Waals surface area contributed by atoms with E-state index in [1.54, 1.807) is 0 Å². The maximum Gasteiger partial charge on any atom is 0.267 e. The summed E-state index contributed by atoms with van der Waals surface area (Å²) in [5.41, 5.74) is -0.558. The summed E-state index contributed by atoms with van der Waals surface area (Å²) in [5.74, 6) is -0.722. The van der Waals surface area contributed by atoms with Crippen molar-refractivity contribution in [3.05, 3.63) is 52.7 Å². The second kappa shape index (κ2) is 5.33. The second-order valence-electron chi connectivity index (χ2n) is 3.83. The topological polar surface area (TPSA) is 88.3 Å². The molecule has 1 aromatic heterocycles. The molecule has 0 bridgehead atoms. The molecule has 0 fully saturated rings. The summed E-state index contributed by atoms with van der Waals surface area (Å²) in [5, 5.41) is 0. The van der Waals surface area contributed by atoms with Crippen LogP contribution in [0.15, 0.2) is 46.3 Å². The zero-order valence-corrected chi connectivity index (χ0v) is 11.2. The number of nitrogens with one attached hydrogen (secondary N) is 2. The predicted molar refractivity (Wildman–Crippen MR) is 70.8 cm³/mol.